The van der Waals surface area contributed by atoms with E-state index >= 15 is 0 Å². The Morgan fingerprint density at radius 2 is 1.66 bits per heavy atom. The van der Waals surface area contributed by atoms with Crippen LogP contribution < -0.4 is 20.7 Å². The van der Waals surface area contributed by atoms with Crippen LogP contribution in [0.2, 0.25) is 0 Å². The van der Waals surface area contributed by atoms with Gasteiger partial charge in [-0.05, 0) is 86.7 Å². The Morgan fingerprint density at radius 1 is 0.969 bits per heavy atom. The molecular formula is C25H32N4O3. The van der Waals surface area contributed by atoms with E-state index in [0.717, 1.165) is 51.1 Å². The highest BCUT2D eigenvalue weighted by Gasteiger charge is 2.23. The van der Waals surface area contributed by atoms with Crippen molar-refractivity contribution in [2.24, 2.45) is 5.92 Å². The van der Waals surface area contributed by atoms with Gasteiger partial charge < -0.3 is 20.7 Å². The molecule has 2 aliphatic rings. The first-order valence-electron chi connectivity index (χ1n) is 11.4. The van der Waals surface area contributed by atoms with Crippen LogP contribution in [0, 0.1) is 5.92 Å². The summed E-state index contributed by atoms with van der Waals surface area (Å²) in [6.07, 6.45) is 4.26. The van der Waals surface area contributed by atoms with Gasteiger partial charge in [-0.3, -0.25) is 9.69 Å². The molecule has 1 saturated heterocycles. The molecule has 1 heterocycles. The largest absolute Gasteiger partial charge is 0.497 e. The number of nitrogens with zero attached hydrogens (tertiary/aromatic N) is 1. The van der Waals surface area contributed by atoms with Crippen LogP contribution in [0.5, 0.6) is 5.75 Å². The fraction of sp³-hybridized carbons (Fsp3) is 0.440. The maximum atomic E-state index is 12.5. The monoisotopic (exact) mass is 436 g/mol. The minimum Gasteiger partial charge on any atom is -0.497 e. The first-order chi connectivity index (χ1) is 15.6. The lowest BCUT2D eigenvalue weighted by atomic mass is 9.96. The zero-order valence-electron chi connectivity index (χ0n) is 18.6. The van der Waals surface area contributed by atoms with Crippen LogP contribution in [0.25, 0.3) is 0 Å². The molecule has 1 aliphatic carbocycles. The van der Waals surface area contributed by atoms with E-state index in [-0.39, 0.29) is 11.9 Å². The number of nitrogens with one attached hydrogen (secondary N) is 3. The molecule has 4 rings (SSSR count). The standard InChI is InChI=1S/C25H32N4O3/c1-32-23-10-2-19(3-11-23)17-29-14-12-18(13-15-29)16-26-24(30)20-4-6-21(7-5-20)27-25(31)28-22-8-9-22/h2-7,10-11,18,22H,8-9,12-17H2,1H3,(H,26,30)(H2,27,28,31). The molecule has 7 nitrogen and oxygen atoms in total. The molecule has 2 aromatic carbocycles. The third-order valence-corrected chi connectivity index (χ3v) is 6.14. The van der Waals surface area contributed by atoms with Crippen molar-refractivity contribution >= 4 is 17.6 Å². The summed E-state index contributed by atoms with van der Waals surface area (Å²) in [5.41, 5.74) is 2.58. The third kappa shape index (κ3) is 6.47. The lowest BCUT2D eigenvalue weighted by Gasteiger charge is -2.32. The first kappa shape index (κ1) is 22.1. The molecule has 1 saturated carbocycles. The van der Waals surface area contributed by atoms with Crippen LogP contribution in [0.1, 0.15) is 41.6 Å². The van der Waals surface area contributed by atoms with Crippen LogP contribution in [-0.4, -0.2) is 49.6 Å². The van der Waals surface area contributed by atoms with Crippen molar-refractivity contribution in [3.63, 3.8) is 0 Å². The van der Waals surface area contributed by atoms with Gasteiger partial charge in [-0.1, -0.05) is 12.1 Å². The van der Waals surface area contributed by atoms with Crippen LogP contribution in [0.15, 0.2) is 48.5 Å². The van der Waals surface area contributed by atoms with Crippen molar-refractivity contribution in [2.75, 3.05) is 32.1 Å². The van der Waals surface area contributed by atoms with Gasteiger partial charge in [-0.2, -0.15) is 0 Å². The van der Waals surface area contributed by atoms with E-state index in [9.17, 15) is 9.59 Å². The Morgan fingerprint density at radius 3 is 2.28 bits per heavy atom. The van der Waals surface area contributed by atoms with E-state index in [1.165, 1.54) is 5.56 Å². The number of hydrogen-bond acceptors (Lipinski definition) is 4. The Bertz CT molecular complexity index is 902. The summed E-state index contributed by atoms with van der Waals surface area (Å²) in [6, 6.07) is 15.4. The summed E-state index contributed by atoms with van der Waals surface area (Å²) in [5.74, 6) is 1.31. The van der Waals surface area contributed by atoms with E-state index in [1.54, 1.807) is 31.4 Å². The van der Waals surface area contributed by atoms with Gasteiger partial charge in [0.2, 0.25) is 0 Å². The predicted octanol–water partition coefficient (Wildman–Crippen LogP) is 3.62. The minimum atomic E-state index is -0.192. The van der Waals surface area contributed by atoms with E-state index in [0.29, 0.717) is 29.8 Å². The molecule has 1 aliphatic heterocycles. The number of likely N-dealkylation sites (tertiary alicyclic amines) is 1. The van der Waals surface area contributed by atoms with E-state index in [2.05, 4.69) is 33.0 Å². The Labute approximate surface area is 189 Å². The Hall–Kier alpha value is -3.06. The normalized spacial score (nSPS) is 16.9. The van der Waals surface area contributed by atoms with Gasteiger partial charge in [0.15, 0.2) is 0 Å². The molecule has 0 bridgehead atoms. The maximum Gasteiger partial charge on any atom is 0.319 e. The maximum absolute atomic E-state index is 12.5. The summed E-state index contributed by atoms with van der Waals surface area (Å²) in [4.78, 5) is 26.8. The molecule has 0 radical (unpaired) electrons. The molecule has 3 amide bonds. The fourth-order valence-corrected chi connectivity index (χ4v) is 3.96. The summed E-state index contributed by atoms with van der Waals surface area (Å²) in [7, 11) is 1.68. The number of piperidine rings is 1. The average molecular weight is 437 g/mol. The fourth-order valence-electron chi connectivity index (χ4n) is 3.96. The van der Waals surface area contributed by atoms with Gasteiger partial charge >= 0.3 is 6.03 Å². The van der Waals surface area contributed by atoms with E-state index in [4.69, 9.17) is 4.74 Å². The molecule has 7 heteroatoms. The average Bonchev–Trinajstić information content (AvgIpc) is 3.63. The van der Waals surface area contributed by atoms with Gasteiger partial charge in [-0.15, -0.1) is 0 Å². The molecule has 0 atom stereocenters. The van der Waals surface area contributed by atoms with Crippen LogP contribution in [-0.2, 0) is 6.54 Å². The number of amides is 3. The molecule has 32 heavy (non-hydrogen) atoms. The molecule has 2 aromatic rings. The van der Waals surface area contributed by atoms with E-state index in [1.807, 2.05) is 12.1 Å². The molecule has 170 valence electrons. The molecular weight excluding hydrogens is 404 g/mol. The van der Waals surface area contributed by atoms with Crippen molar-refractivity contribution in [1.29, 1.82) is 0 Å². The smallest absolute Gasteiger partial charge is 0.319 e. The van der Waals surface area contributed by atoms with Crippen molar-refractivity contribution < 1.29 is 14.3 Å². The van der Waals surface area contributed by atoms with Gasteiger partial charge in [0, 0.05) is 30.4 Å². The van der Waals surface area contributed by atoms with Crippen molar-refractivity contribution in [3.8, 4) is 5.75 Å². The van der Waals surface area contributed by atoms with Crippen LogP contribution in [0.3, 0.4) is 0 Å². The number of methoxy groups -OCH3 is 1. The van der Waals surface area contributed by atoms with Gasteiger partial charge in [0.25, 0.3) is 5.91 Å². The molecule has 2 fully saturated rings. The van der Waals surface area contributed by atoms with Crippen molar-refractivity contribution in [2.45, 2.75) is 38.3 Å². The van der Waals surface area contributed by atoms with Gasteiger partial charge in [-0.25, -0.2) is 4.79 Å². The zero-order valence-corrected chi connectivity index (χ0v) is 18.6. The topological polar surface area (TPSA) is 82.7 Å². The van der Waals surface area contributed by atoms with E-state index < -0.39 is 0 Å². The minimum absolute atomic E-state index is 0.0698. The number of hydrogen-bond donors (Lipinski definition) is 3. The number of carbonyl (C=O) groups is 2. The molecule has 0 unspecified atom stereocenters. The Kier molecular flexibility index (Phi) is 7.27. The number of rotatable bonds is 8. The highest BCUT2D eigenvalue weighted by molar-refractivity contribution is 5.95. The number of urea groups is 1. The summed E-state index contributed by atoms with van der Waals surface area (Å²) in [6.45, 7) is 3.72. The van der Waals surface area contributed by atoms with Crippen LogP contribution >= 0.6 is 0 Å². The predicted molar refractivity (Wildman–Crippen MR) is 125 cm³/mol. The summed E-state index contributed by atoms with van der Waals surface area (Å²) < 4.78 is 5.22. The second-order valence-electron chi connectivity index (χ2n) is 8.73. The number of carbonyl (C=O) groups excluding carboxylic acids is 2. The molecule has 0 spiro atoms. The molecule has 3 N–H and O–H groups in total. The number of ether oxygens (including phenoxy) is 1. The molecule has 0 aromatic heterocycles. The van der Waals surface area contributed by atoms with Gasteiger partial charge in [0.1, 0.15) is 5.75 Å². The number of anilines is 1. The highest BCUT2D eigenvalue weighted by Crippen LogP contribution is 2.21. The van der Waals surface area contributed by atoms with Crippen molar-refractivity contribution in [3.05, 3.63) is 59.7 Å². The number of benzene rings is 2. The van der Waals surface area contributed by atoms with Gasteiger partial charge in [0.05, 0.1) is 7.11 Å². The lowest BCUT2D eigenvalue weighted by molar-refractivity contribution is 0.0935. The third-order valence-electron chi connectivity index (χ3n) is 6.14. The zero-order chi connectivity index (χ0) is 22.3. The van der Waals surface area contributed by atoms with Crippen molar-refractivity contribution in [1.82, 2.24) is 15.5 Å². The summed E-state index contributed by atoms with van der Waals surface area (Å²) >= 11 is 0. The lowest BCUT2D eigenvalue weighted by Crippen LogP contribution is -2.38. The second-order valence-corrected chi connectivity index (χ2v) is 8.73. The quantitative estimate of drug-likeness (QED) is 0.590. The summed E-state index contributed by atoms with van der Waals surface area (Å²) in [5, 5.41) is 8.75. The second kappa shape index (κ2) is 10.5. The van der Waals surface area contributed by atoms with Crippen LogP contribution in [0.4, 0.5) is 10.5 Å². The Balaban J connectivity index is 1.16. The highest BCUT2D eigenvalue weighted by atomic mass is 16.5. The first-order valence-corrected chi connectivity index (χ1v) is 11.4. The SMILES string of the molecule is COc1ccc(CN2CCC(CNC(=O)c3ccc(NC(=O)NC4CC4)cc3)CC2)cc1.